The predicted molar refractivity (Wildman–Crippen MR) is 75.0 cm³/mol. The lowest BCUT2D eigenvalue weighted by atomic mass is 9.87. The van der Waals surface area contributed by atoms with Gasteiger partial charge in [-0.1, -0.05) is 27.7 Å². The molecule has 0 fully saturated rings. The minimum Gasteiger partial charge on any atom is -0.480 e. The Kier molecular flexibility index (Phi) is 7.13. The molecule has 0 saturated heterocycles. The number of carboxylic acid groups (broad SMARTS) is 1. The molecule has 106 valence electrons. The van der Waals surface area contributed by atoms with E-state index in [9.17, 15) is 9.59 Å². The summed E-state index contributed by atoms with van der Waals surface area (Å²) >= 11 is 1.73. The number of hydrogen-bond donors (Lipinski definition) is 3. The first-order valence-electron chi connectivity index (χ1n) is 5.98. The van der Waals surface area contributed by atoms with E-state index in [0.717, 1.165) is 6.42 Å². The molecular formula is C12H24N2O3S. The lowest BCUT2D eigenvalue weighted by molar-refractivity contribution is -0.141. The summed E-state index contributed by atoms with van der Waals surface area (Å²) in [4.78, 5) is 22.6. The van der Waals surface area contributed by atoms with E-state index >= 15 is 0 Å². The van der Waals surface area contributed by atoms with E-state index in [2.05, 4.69) is 17.6 Å². The van der Waals surface area contributed by atoms with Crippen molar-refractivity contribution in [3.63, 3.8) is 0 Å². The van der Waals surface area contributed by atoms with Crippen LogP contribution in [0.4, 0.5) is 4.79 Å². The molecule has 0 rings (SSSR count). The van der Waals surface area contributed by atoms with Crippen molar-refractivity contribution in [2.75, 3.05) is 12.8 Å². The van der Waals surface area contributed by atoms with Gasteiger partial charge < -0.3 is 15.7 Å². The first-order valence-corrected chi connectivity index (χ1v) is 7.27. The number of carbonyl (C=O) groups excluding carboxylic acids is 1. The Morgan fingerprint density at radius 2 is 1.89 bits per heavy atom. The second-order valence-electron chi connectivity index (χ2n) is 5.37. The van der Waals surface area contributed by atoms with Crippen molar-refractivity contribution < 1.29 is 14.7 Å². The number of carboxylic acids is 1. The number of rotatable bonds is 6. The highest BCUT2D eigenvalue weighted by molar-refractivity contribution is 7.99. The fourth-order valence-electron chi connectivity index (χ4n) is 1.34. The van der Waals surface area contributed by atoms with Crippen LogP contribution in [0.15, 0.2) is 0 Å². The van der Waals surface area contributed by atoms with Crippen molar-refractivity contribution in [3.8, 4) is 0 Å². The molecule has 0 aliphatic carbocycles. The molecule has 18 heavy (non-hydrogen) atoms. The zero-order chi connectivity index (χ0) is 14.3. The summed E-state index contributed by atoms with van der Waals surface area (Å²) in [6.45, 7) is 7.97. The van der Waals surface area contributed by atoms with Gasteiger partial charge in [-0.3, -0.25) is 0 Å². The van der Waals surface area contributed by atoms with Crippen LogP contribution >= 0.6 is 11.8 Å². The normalized spacial score (nSPS) is 14.7. The molecule has 0 aromatic carbocycles. The predicted octanol–water partition coefficient (Wildman–Crippen LogP) is 1.93. The molecule has 1 unspecified atom stereocenters. The first-order chi connectivity index (χ1) is 8.18. The molecule has 5 nitrogen and oxygen atoms in total. The average Bonchev–Trinajstić information content (AvgIpc) is 2.23. The maximum absolute atomic E-state index is 11.6. The average molecular weight is 276 g/mol. The molecule has 0 spiro atoms. The van der Waals surface area contributed by atoms with Gasteiger partial charge in [0.1, 0.15) is 6.04 Å². The van der Waals surface area contributed by atoms with Crippen LogP contribution in [0.3, 0.4) is 0 Å². The van der Waals surface area contributed by atoms with Gasteiger partial charge in [-0.25, -0.2) is 9.59 Å². The number of amides is 2. The topological polar surface area (TPSA) is 78.4 Å². The number of carbonyl (C=O) groups is 2. The smallest absolute Gasteiger partial charge is 0.326 e. The van der Waals surface area contributed by atoms with Crippen molar-refractivity contribution in [1.82, 2.24) is 10.6 Å². The summed E-state index contributed by atoms with van der Waals surface area (Å²) in [5, 5.41) is 14.7. The Morgan fingerprint density at radius 3 is 2.28 bits per heavy atom. The minimum absolute atomic E-state index is 0.425. The third kappa shape index (κ3) is 6.74. The molecule has 2 atom stereocenters. The standard InChI is InChI=1S/C12H24N2O3S/c1-8(18-5)6-7-13-11(17)14-9(10(15)16)12(2,3)4/h8-9H,6-7H2,1-5H3,(H,15,16)(H2,13,14,17)/t8?,9-/m0/s1. The third-order valence-corrected chi connectivity index (χ3v) is 3.67. The molecule has 0 aliphatic rings. The van der Waals surface area contributed by atoms with Gasteiger partial charge in [0.2, 0.25) is 0 Å². The fourth-order valence-corrected chi connectivity index (χ4v) is 1.69. The molecular weight excluding hydrogens is 252 g/mol. The van der Waals surface area contributed by atoms with Crippen molar-refractivity contribution in [2.45, 2.75) is 45.4 Å². The van der Waals surface area contributed by atoms with Gasteiger partial charge in [-0.05, 0) is 18.1 Å². The van der Waals surface area contributed by atoms with Gasteiger partial charge in [-0.15, -0.1) is 0 Å². The van der Waals surface area contributed by atoms with Crippen molar-refractivity contribution >= 4 is 23.8 Å². The van der Waals surface area contributed by atoms with Gasteiger partial charge in [0.25, 0.3) is 0 Å². The molecule has 6 heteroatoms. The van der Waals surface area contributed by atoms with Gasteiger partial charge in [0.05, 0.1) is 0 Å². The Balaban J connectivity index is 4.16. The Hall–Kier alpha value is -0.910. The van der Waals surface area contributed by atoms with E-state index in [-0.39, 0.29) is 0 Å². The molecule has 3 N–H and O–H groups in total. The summed E-state index contributed by atoms with van der Waals surface area (Å²) in [5.41, 5.74) is -0.518. The molecule has 0 saturated carbocycles. The zero-order valence-corrected chi connectivity index (χ0v) is 12.6. The van der Waals surface area contributed by atoms with Crippen molar-refractivity contribution in [2.24, 2.45) is 5.41 Å². The van der Waals surface area contributed by atoms with E-state index in [1.807, 2.05) is 6.26 Å². The molecule has 0 aromatic rings. The van der Waals surface area contributed by atoms with Crippen LogP contribution in [0, 0.1) is 5.41 Å². The molecule has 0 heterocycles. The van der Waals surface area contributed by atoms with Crippen molar-refractivity contribution in [3.05, 3.63) is 0 Å². The van der Waals surface area contributed by atoms with E-state index in [0.29, 0.717) is 11.8 Å². The van der Waals surface area contributed by atoms with Crippen LogP contribution in [0.1, 0.15) is 34.1 Å². The maximum atomic E-state index is 11.6. The summed E-state index contributed by atoms with van der Waals surface area (Å²) in [7, 11) is 0. The van der Waals surface area contributed by atoms with Gasteiger partial charge >= 0.3 is 12.0 Å². The number of hydrogen-bond acceptors (Lipinski definition) is 3. The second kappa shape index (κ2) is 7.51. The van der Waals surface area contributed by atoms with E-state index in [1.54, 1.807) is 32.5 Å². The van der Waals surface area contributed by atoms with E-state index < -0.39 is 23.5 Å². The van der Waals surface area contributed by atoms with Crippen LogP contribution in [-0.4, -0.2) is 41.2 Å². The largest absolute Gasteiger partial charge is 0.480 e. The number of nitrogens with one attached hydrogen (secondary N) is 2. The summed E-state index contributed by atoms with van der Waals surface area (Å²) < 4.78 is 0. The monoisotopic (exact) mass is 276 g/mol. The summed E-state index contributed by atoms with van der Waals surface area (Å²) in [6, 6.07) is -1.32. The van der Waals surface area contributed by atoms with Gasteiger partial charge in [-0.2, -0.15) is 11.8 Å². The van der Waals surface area contributed by atoms with Crippen LogP contribution in [0.5, 0.6) is 0 Å². The molecule has 0 aliphatic heterocycles. The van der Waals surface area contributed by atoms with Gasteiger partial charge in [0, 0.05) is 11.8 Å². The lowest BCUT2D eigenvalue weighted by Crippen LogP contribution is -2.52. The highest BCUT2D eigenvalue weighted by Gasteiger charge is 2.32. The quantitative estimate of drug-likeness (QED) is 0.692. The summed E-state index contributed by atoms with van der Waals surface area (Å²) in [6.07, 6.45) is 2.88. The van der Waals surface area contributed by atoms with Crippen LogP contribution in [-0.2, 0) is 4.79 Å². The fraction of sp³-hybridized carbons (Fsp3) is 0.833. The number of thioether (sulfide) groups is 1. The van der Waals surface area contributed by atoms with Crippen LogP contribution in [0.2, 0.25) is 0 Å². The first kappa shape index (κ1) is 17.1. The number of aliphatic carboxylic acids is 1. The second-order valence-corrected chi connectivity index (χ2v) is 6.65. The SMILES string of the molecule is CSC(C)CCNC(=O)N[C@@H](C(=O)O)C(C)(C)C. The Morgan fingerprint density at radius 1 is 1.33 bits per heavy atom. The molecule has 0 aromatic heterocycles. The minimum atomic E-state index is -1.02. The number of urea groups is 1. The lowest BCUT2D eigenvalue weighted by Gasteiger charge is -2.27. The highest BCUT2D eigenvalue weighted by Crippen LogP contribution is 2.19. The maximum Gasteiger partial charge on any atom is 0.326 e. The van der Waals surface area contributed by atoms with Crippen molar-refractivity contribution in [1.29, 1.82) is 0 Å². The molecule has 0 bridgehead atoms. The Labute approximate surface area is 113 Å². The van der Waals surface area contributed by atoms with Crippen LogP contribution in [0.25, 0.3) is 0 Å². The van der Waals surface area contributed by atoms with E-state index in [4.69, 9.17) is 5.11 Å². The summed E-state index contributed by atoms with van der Waals surface area (Å²) in [5.74, 6) is -1.02. The van der Waals surface area contributed by atoms with E-state index in [1.165, 1.54) is 0 Å². The van der Waals surface area contributed by atoms with Gasteiger partial charge in [0.15, 0.2) is 0 Å². The molecule has 2 amide bonds. The highest BCUT2D eigenvalue weighted by atomic mass is 32.2. The van der Waals surface area contributed by atoms with Crippen LogP contribution < -0.4 is 10.6 Å². The molecule has 0 radical (unpaired) electrons. The zero-order valence-electron chi connectivity index (χ0n) is 11.7. The third-order valence-electron chi connectivity index (χ3n) is 2.63. The Bertz CT molecular complexity index is 290.